The fourth-order valence-corrected chi connectivity index (χ4v) is 2.42. The summed E-state index contributed by atoms with van der Waals surface area (Å²) in [6.07, 6.45) is 2.13. The summed E-state index contributed by atoms with van der Waals surface area (Å²) in [5.41, 5.74) is 2.27. The minimum atomic E-state index is -0.302. The molecule has 4 heteroatoms. The molecule has 0 radical (unpaired) electrons. The van der Waals surface area contributed by atoms with Gasteiger partial charge < -0.3 is 10.4 Å². The molecule has 0 saturated heterocycles. The summed E-state index contributed by atoms with van der Waals surface area (Å²) in [5, 5.41) is 12.5. The highest BCUT2D eigenvalue weighted by molar-refractivity contribution is 14.1. The molecule has 2 N–H and O–H groups in total. The minimum Gasteiger partial charge on any atom is -0.507 e. The van der Waals surface area contributed by atoms with E-state index in [1.807, 2.05) is 24.3 Å². The first-order valence-electron chi connectivity index (χ1n) is 6.49. The number of nitrogens with one attached hydrogen (secondary N) is 1. The molecule has 2 aromatic rings. The van der Waals surface area contributed by atoms with E-state index in [0.29, 0.717) is 0 Å². The van der Waals surface area contributed by atoms with Gasteiger partial charge in [-0.25, -0.2) is 0 Å². The SMILES string of the molecule is CCCc1ccc(NC(=O)c2cc(I)ccc2O)cc1. The number of carbonyl (C=O) groups is 1. The third-order valence-electron chi connectivity index (χ3n) is 2.95. The number of hydrogen-bond acceptors (Lipinski definition) is 2. The molecule has 0 aromatic heterocycles. The molecule has 20 heavy (non-hydrogen) atoms. The molecule has 0 bridgehead atoms. The monoisotopic (exact) mass is 381 g/mol. The van der Waals surface area contributed by atoms with Gasteiger partial charge in [-0.15, -0.1) is 0 Å². The maximum atomic E-state index is 12.1. The van der Waals surface area contributed by atoms with Crippen LogP contribution in [0.3, 0.4) is 0 Å². The van der Waals surface area contributed by atoms with Crippen molar-refractivity contribution in [2.75, 3.05) is 5.32 Å². The zero-order valence-corrected chi connectivity index (χ0v) is 13.3. The number of aryl methyl sites for hydroxylation is 1. The van der Waals surface area contributed by atoms with Crippen molar-refractivity contribution < 1.29 is 9.90 Å². The predicted molar refractivity (Wildman–Crippen MR) is 89.2 cm³/mol. The van der Waals surface area contributed by atoms with E-state index in [1.54, 1.807) is 12.1 Å². The van der Waals surface area contributed by atoms with E-state index in [-0.39, 0.29) is 17.2 Å². The van der Waals surface area contributed by atoms with Gasteiger partial charge >= 0.3 is 0 Å². The summed E-state index contributed by atoms with van der Waals surface area (Å²) >= 11 is 2.11. The van der Waals surface area contributed by atoms with Gasteiger partial charge in [0.05, 0.1) is 5.56 Å². The van der Waals surface area contributed by atoms with E-state index < -0.39 is 0 Å². The van der Waals surface area contributed by atoms with E-state index in [0.717, 1.165) is 22.1 Å². The number of halogens is 1. The maximum absolute atomic E-state index is 12.1. The second kappa shape index (κ2) is 6.74. The molecule has 0 saturated carbocycles. The van der Waals surface area contributed by atoms with Crippen molar-refractivity contribution in [2.24, 2.45) is 0 Å². The first-order chi connectivity index (χ1) is 9.60. The van der Waals surface area contributed by atoms with Crippen LogP contribution in [0.1, 0.15) is 29.3 Å². The molecule has 2 rings (SSSR count). The molecule has 0 atom stereocenters. The summed E-state index contributed by atoms with van der Waals surface area (Å²) in [6.45, 7) is 2.13. The van der Waals surface area contributed by atoms with Crippen molar-refractivity contribution in [3.8, 4) is 5.75 Å². The van der Waals surface area contributed by atoms with Gasteiger partial charge in [0.15, 0.2) is 0 Å². The van der Waals surface area contributed by atoms with Crippen molar-refractivity contribution in [3.05, 3.63) is 57.2 Å². The molecule has 2 aromatic carbocycles. The Morgan fingerprint density at radius 2 is 1.90 bits per heavy atom. The molecule has 0 heterocycles. The molecule has 3 nitrogen and oxygen atoms in total. The fraction of sp³-hybridized carbons (Fsp3) is 0.188. The van der Waals surface area contributed by atoms with Crippen LogP contribution in [0.4, 0.5) is 5.69 Å². The standard InChI is InChI=1S/C16H16INO2/c1-2-3-11-4-7-13(8-5-11)18-16(20)14-10-12(17)6-9-15(14)19/h4-10,19H,2-3H2,1H3,(H,18,20). The summed E-state index contributed by atoms with van der Waals surface area (Å²) < 4.78 is 0.906. The minimum absolute atomic E-state index is 0.00878. The number of hydrogen-bond donors (Lipinski definition) is 2. The summed E-state index contributed by atoms with van der Waals surface area (Å²) in [6, 6.07) is 12.7. The van der Waals surface area contributed by atoms with Crippen LogP contribution in [0.25, 0.3) is 0 Å². The fourth-order valence-electron chi connectivity index (χ4n) is 1.93. The van der Waals surface area contributed by atoms with Crippen LogP contribution in [-0.2, 0) is 6.42 Å². The highest BCUT2D eigenvalue weighted by Crippen LogP contribution is 2.21. The Morgan fingerprint density at radius 1 is 1.20 bits per heavy atom. The molecular weight excluding hydrogens is 365 g/mol. The third kappa shape index (κ3) is 3.72. The molecule has 104 valence electrons. The molecule has 0 aliphatic rings. The molecule has 0 unspecified atom stereocenters. The van der Waals surface area contributed by atoms with Crippen molar-refractivity contribution >= 4 is 34.2 Å². The number of phenols is 1. The van der Waals surface area contributed by atoms with Crippen LogP contribution in [0.15, 0.2) is 42.5 Å². The summed E-state index contributed by atoms with van der Waals surface area (Å²) in [7, 11) is 0. The van der Waals surface area contributed by atoms with E-state index in [2.05, 4.69) is 34.8 Å². The predicted octanol–water partition coefficient (Wildman–Crippen LogP) is 4.20. The molecule has 0 fully saturated rings. The Kier molecular flexibility index (Phi) is 5.00. The van der Waals surface area contributed by atoms with Gasteiger partial charge in [0.2, 0.25) is 0 Å². The van der Waals surface area contributed by atoms with Gasteiger partial charge in [-0.3, -0.25) is 4.79 Å². The van der Waals surface area contributed by atoms with Gasteiger partial charge in [0.25, 0.3) is 5.91 Å². The lowest BCUT2D eigenvalue weighted by Crippen LogP contribution is -2.12. The number of carbonyl (C=O) groups excluding carboxylic acids is 1. The molecule has 1 amide bonds. The third-order valence-corrected chi connectivity index (χ3v) is 3.62. The lowest BCUT2D eigenvalue weighted by atomic mass is 10.1. The topological polar surface area (TPSA) is 49.3 Å². The molecule has 0 aliphatic heterocycles. The lowest BCUT2D eigenvalue weighted by molar-refractivity contribution is 0.102. The average Bonchev–Trinajstić information content (AvgIpc) is 2.44. The maximum Gasteiger partial charge on any atom is 0.259 e. The van der Waals surface area contributed by atoms with E-state index in [9.17, 15) is 9.90 Å². The normalized spacial score (nSPS) is 10.3. The van der Waals surface area contributed by atoms with E-state index in [4.69, 9.17) is 0 Å². The summed E-state index contributed by atoms with van der Waals surface area (Å²) in [5.74, 6) is -0.310. The molecule has 0 spiro atoms. The Morgan fingerprint density at radius 3 is 2.55 bits per heavy atom. The van der Waals surface area contributed by atoms with Crippen LogP contribution in [0, 0.1) is 3.57 Å². The Labute approximate surface area is 132 Å². The average molecular weight is 381 g/mol. The van der Waals surface area contributed by atoms with Crippen molar-refractivity contribution in [3.63, 3.8) is 0 Å². The number of amides is 1. The number of benzene rings is 2. The van der Waals surface area contributed by atoms with Gasteiger partial charge in [0, 0.05) is 9.26 Å². The van der Waals surface area contributed by atoms with Crippen LogP contribution < -0.4 is 5.32 Å². The quantitative estimate of drug-likeness (QED) is 0.780. The van der Waals surface area contributed by atoms with Gasteiger partial charge in [-0.2, -0.15) is 0 Å². The van der Waals surface area contributed by atoms with Crippen molar-refractivity contribution in [1.29, 1.82) is 0 Å². The number of phenolic OH excluding ortho intramolecular Hbond substituents is 1. The largest absolute Gasteiger partial charge is 0.507 e. The molecule has 0 aliphatic carbocycles. The van der Waals surface area contributed by atoms with Crippen molar-refractivity contribution in [1.82, 2.24) is 0 Å². The van der Waals surface area contributed by atoms with Crippen LogP contribution in [0.5, 0.6) is 5.75 Å². The summed E-state index contributed by atoms with van der Waals surface area (Å²) in [4.78, 5) is 12.1. The van der Waals surface area contributed by atoms with E-state index in [1.165, 1.54) is 11.6 Å². The Hall–Kier alpha value is -1.56. The van der Waals surface area contributed by atoms with Crippen LogP contribution in [-0.4, -0.2) is 11.0 Å². The van der Waals surface area contributed by atoms with E-state index >= 15 is 0 Å². The van der Waals surface area contributed by atoms with Crippen LogP contribution >= 0.6 is 22.6 Å². The van der Waals surface area contributed by atoms with Gasteiger partial charge in [-0.05, 0) is 64.9 Å². The second-order valence-electron chi connectivity index (χ2n) is 4.56. The number of aromatic hydroxyl groups is 1. The zero-order chi connectivity index (χ0) is 14.5. The number of rotatable bonds is 4. The molecular formula is C16H16INO2. The number of anilines is 1. The smallest absolute Gasteiger partial charge is 0.259 e. The second-order valence-corrected chi connectivity index (χ2v) is 5.81. The van der Waals surface area contributed by atoms with Gasteiger partial charge in [0.1, 0.15) is 5.75 Å². The first kappa shape index (κ1) is 14.8. The van der Waals surface area contributed by atoms with Gasteiger partial charge in [-0.1, -0.05) is 25.5 Å². The Bertz CT molecular complexity index is 608. The lowest BCUT2D eigenvalue weighted by Gasteiger charge is -2.08. The highest BCUT2D eigenvalue weighted by atomic mass is 127. The first-order valence-corrected chi connectivity index (χ1v) is 7.57. The zero-order valence-electron chi connectivity index (χ0n) is 11.2. The Balaban J connectivity index is 2.13. The van der Waals surface area contributed by atoms with Crippen LogP contribution in [0.2, 0.25) is 0 Å². The highest BCUT2D eigenvalue weighted by Gasteiger charge is 2.11. The van der Waals surface area contributed by atoms with Crippen molar-refractivity contribution in [2.45, 2.75) is 19.8 Å².